The van der Waals surface area contributed by atoms with Gasteiger partial charge in [0.2, 0.25) is 5.91 Å². The molecule has 0 unspecified atom stereocenters. The molecule has 2 aliphatic heterocycles. The molecule has 0 radical (unpaired) electrons. The monoisotopic (exact) mass is 418 g/mol. The van der Waals surface area contributed by atoms with E-state index in [2.05, 4.69) is 5.32 Å². The van der Waals surface area contributed by atoms with Crippen LogP contribution in [-0.4, -0.2) is 59.6 Å². The second-order valence-electron chi connectivity index (χ2n) is 5.63. The van der Waals surface area contributed by atoms with Crippen molar-refractivity contribution >= 4 is 51.0 Å². The fraction of sp³-hybridized carbons (Fsp3) is 0.357. The lowest BCUT2D eigenvalue weighted by molar-refractivity contribution is -0.151. The largest absolute Gasteiger partial charge is 0.476 e. The molecule has 12 heteroatoms. The molecule has 3 heterocycles. The molecule has 26 heavy (non-hydrogen) atoms. The second kappa shape index (κ2) is 6.93. The molecule has 0 aliphatic carbocycles. The van der Waals surface area contributed by atoms with Gasteiger partial charge in [0.1, 0.15) is 11.4 Å². The van der Waals surface area contributed by atoms with E-state index < -0.39 is 39.1 Å². The summed E-state index contributed by atoms with van der Waals surface area (Å²) in [4.78, 5) is 36.9. The topological polar surface area (TPSA) is 130 Å². The van der Waals surface area contributed by atoms with Gasteiger partial charge in [0.05, 0.1) is 18.4 Å². The Bertz CT molecular complexity index is 892. The van der Waals surface area contributed by atoms with Crippen molar-refractivity contribution in [2.75, 3.05) is 12.0 Å². The highest BCUT2D eigenvalue weighted by Crippen LogP contribution is 2.40. The zero-order valence-electron chi connectivity index (χ0n) is 13.4. The van der Waals surface area contributed by atoms with Gasteiger partial charge in [-0.3, -0.25) is 14.5 Å². The number of thiophene rings is 1. The minimum absolute atomic E-state index is 0.0416. The number of nitrogens with zero attached hydrogens (tertiary/aromatic N) is 1. The summed E-state index contributed by atoms with van der Waals surface area (Å²) in [6.07, 6.45) is 0.913. The molecule has 1 saturated heterocycles. The van der Waals surface area contributed by atoms with Crippen LogP contribution in [-0.2, 0) is 35.1 Å². The SMILES string of the molecule is CS(=O)(=O)OC1=C(C(=O)O)N2C(=O)[C@@H](NC(=O)Cc3ccsc3)[C@@H]2SC1. The average molecular weight is 418 g/mol. The van der Waals surface area contributed by atoms with Gasteiger partial charge in [-0.2, -0.15) is 19.8 Å². The quantitative estimate of drug-likeness (QED) is 0.486. The van der Waals surface area contributed by atoms with Crippen LogP contribution < -0.4 is 5.32 Å². The Morgan fingerprint density at radius 3 is 2.77 bits per heavy atom. The summed E-state index contributed by atoms with van der Waals surface area (Å²) in [6.45, 7) is 0. The summed E-state index contributed by atoms with van der Waals surface area (Å²) in [6, 6.07) is 0.939. The van der Waals surface area contributed by atoms with Crippen molar-refractivity contribution in [3.05, 3.63) is 33.8 Å². The van der Waals surface area contributed by atoms with Crippen molar-refractivity contribution in [2.45, 2.75) is 17.8 Å². The normalized spacial score (nSPS) is 22.5. The van der Waals surface area contributed by atoms with E-state index in [0.29, 0.717) is 0 Å². The molecule has 1 aromatic rings. The molecular formula is C14H14N2O7S3. The van der Waals surface area contributed by atoms with Gasteiger partial charge in [0.15, 0.2) is 11.5 Å². The number of β-lactam (4-membered cyclic amide) rings is 1. The number of fused-ring (bicyclic) bond motifs is 1. The lowest BCUT2D eigenvalue weighted by Gasteiger charge is -2.48. The Morgan fingerprint density at radius 2 is 2.19 bits per heavy atom. The van der Waals surface area contributed by atoms with E-state index in [-0.39, 0.29) is 23.8 Å². The number of carboxylic acid groups (broad SMARTS) is 1. The third-order valence-electron chi connectivity index (χ3n) is 3.65. The van der Waals surface area contributed by atoms with Crippen molar-refractivity contribution in [1.29, 1.82) is 0 Å². The number of aliphatic carboxylic acids is 1. The molecule has 2 atom stereocenters. The average Bonchev–Trinajstić information content (AvgIpc) is 3.03. The number of carboxylic acids is 1. The number of amides is 2. The maximum Gasteiger partial charge on any atom is 0.356 e. The van der Waals surface area contributed by atoms with Crippen LogP contribution in [0.15, 0.2) is 28.3 Å². The minimum Gasteiger partial charge on any atom is -0.476 e. The first-order chi connectivity index (χ1) is 12.2. The van der Waals surface area contributed by atoms with Crippen LogP contribution in [0, 0.1) is 0 Å². The minimum atomic E-state index is -3.93. The summed E-state index contributed by atoms with van der Waals surface area (Å²) in [5.41, 5.74) is 0.315. The molecule has 1 fully saturated rings. The van der Waals surface area contributed by atoms with Crippen LogP contribution in [0.1, 0.15) is 5.56 Å². The number of rotatable bonds is 6. The third kappa shape index (κ3) is 3.71. The standard InChI is InChI=1S/C14H14N2O7S3/c1-26(21,22)23-8-6-25-13-10(12(18)16(13)11(8)14(19)20)15-9(17)4-7-2-3-24-5-7/h2-3,5,10,13H,4,6H2,1H3,(H,15,17)(H,19,20)/t10-,13+/m1/s1. The van der Waals surface area contributed by atoms with Gasteiger partial charge in [-0.05, 0) is 22.4 Å². The van der Waals surface area contributed by atoms with E-state index in [1.165, 1.54) is 11.3 Å². The van der Waals surface area contributed by atoms with Gasteiger partial charge < -0.3 is 14.6 Å². The van der Waals surface area contributed by atoms with Crippen LogP contribution in [0.2, 0.25) is 0 Å². The predicted octanol–water partition coefficient (Wildman–Crippen LogP) is -0.0371. The van der Waals surface area contributed by atoms with Gasteiger partial charge in [-0.25, -0.2) is 4.79 Å². The fourth-order valence-electron chi connectivity index (χ4n) is 2.64. The van der Waals surface area contributed by atoms with Crippen molar-refractivity contribution in [3.8, 4) is 0 Å². The predicted molar refractivity (Wildman–Crippen MR) is 93.6 cm³/mol. The van der Waals surface area contributed by atoms with Crippen molar-refractivity contribution < 1.29 is 32.1 Å². The van der Waals surface area contributed by atoms with Crippen LogP contribution >= 0.6 is 23.1 Å². The fourth-order valence-corrected chi connectivity index (χ4v) is 5.14. The summed E-state index contributed by atoms with van der Waals surface area (Å²) < 4.78 is 27.3. The Balaban J connectivity index is 1.74. The first kappa shape index (κ1) is 18.7. The smallest absolute Gasteiger partial charge is 0.356 e. The maximum atomic E-state index is 12.4. The summed E-state index contributed by atoms with van der Waals surface area (Å²) in [5.74, 6) is -2.78. The number of carbonyl (C=O) groups excluding carboxylic acids is 2. The van der Waals surface area contributed by atoms with Gasteiger partial charge >= 0.3 is 16.1 Å². The molecular weight excluding hydrogens is 404 g/mol. The molecule has 2 aliphatic rings. The molecule has 2 N–H and O–H groups in total. The van der Waals surface area contributed by atoms with Gasteiger partial charge in [-0.15, -0.1) is 11.8 Å². The second-order valence-corrected chi connectivity index (χ2v) is 9.09. The van der Waals surface area contributed by atoms with Crippen LogP contribution in [0.3, 0.4) is 0 Å². The molecule has 3 rings (SSSR count). The van der Waals surface area contributed by atoms with Crippen molar-refractivity contribution in [3.63, 3.8) is 0 Å². The lowest BCUT2D eigenvalue weighted by atomic mass is 10.0. The highest BCUT2D eigenvalue weighted by atomic mass is 32.2. The molecule has 0 spiro atoms. The van der Waals surface area contributed by atoms with E-state index in [1.807, 2.05) is 10.8 Å². The van der Waals surface area contributed by atoms with E-state index in [1.54, 1.807) is 6.07 Å². The Kier molecular flexibility index (Phi) is 4.99. The van der Waals surface area contributed by atoms with E-state index in [4.69, 9.17) is 4.18 Å². The number of carbonyl (C=O) groups is 3. The Morgan fingerprint density at radius 1 is 1.46 bits per heavy atom. The summed E-state index contributed by atoms with van der Waals surface area (Å²) in [7, 11) is -3.93. The highest BCUT2D eigenvalue weighted by Gasteiger charge is 2.55. The maximum absolute atomic E-state index is 12.4. The molecule has 0 saturated carbocycles. The number of hydrogen-bond acceptors (Lipinski definition) is 8. The molecule has 0 bridgehead atoms. The Labute approximate surface area is 157 Å². The van der Waals surface area contributed by atoms with Crippen LogP contribution in [0.5, 0.6) is 0 Å². The molecule has 9 nitrogen and oxygen atoms in total. The van der Waals surface area contributed by atoms with Gasteiger partial charge in [-0.1, -0.05) is 0 Å². The third-order valence-corrected chi connectivity index (χ3v) is 6.14. The van der Waals surface area contributed by atoms with E-state index in [0.717, 1.165) is 28.5 Å². The molecule has 1 aromatic heterocycles. The summed E-state index contributed by atoms with van der Waals surface area (Å²) in [5, 5.41) is 15.0. The summed E-state index contributed by atoms with van der Waals surface area (Å²) >= 11 is 2.58. The number of thioether (sulfide) groups is 1. The van der Waals surface area contributed by atoms with E-state index in [9.17, 15) is 27.9 Å². The lowest BCUT2D eigenvalue weighted by Crippen LogP contribution is -2.70. The zero-order chi connectivity index (χ0) is 19.1. The van der Waals surface area contributed by atoms with Crippen molar-refractivity contribution in [1.82, 2.24) is 10.2 Å². The van der Waals surface area contributed by atoms with Crippen molar-refractivity contribution in [2.24, 2.45) is 0 Å². The molecule has 140 valence electrons. The Hall–Kier alpha value is -2.05. The molecule has 2 amide bonds. The van der Waals surface area contributed by atoms with Crippen LogP contribution in [0.25, 0.3) is 0 Å². The number of hydrogen-bond donors (Lipinski definition) is 2. The zero-order valence-corrected chi connectivity index (χ0v) is 15.8. The highest BCUT2D eigenvalue weighted by molar-refractivity contribution is 8.00. The number of nitrogens with one attached hydrogen (secondary N) is 1. The molecule has 0 aromatic carbocycles. The van der Waals surface area contributed by atoms with Gasteiger partial charge in [0, 0.05) is 0 Å². The first-order valence-electron chi connectivity index (χ1n) is 7.28. The van der Waals surface area contributed by atoms with Crippen LogP contribution in [0.4, 0.5) is 0 Å². The van der Waals surface area contributed by atoms with Gasteiger partial charge in [0.25, 0.3) is 5.91 Å². The van der Waals surface area contributed by atoms with E-state index >= 15 is 0 Å². The first-order valence-corrected chi connectivity index (χ1v) is 11.1.